The maximum Gasteiger partial charge on any atom is 0.337 e. The molecule has 4 aromatic carbocycles. The van der Waals surface area contributed by atoms with Crippen LogP contribution in [0.3, 0.4) is 0 Å². The lowest BCUT2D eigenvalue weighted by Gasteiger charge is -2.33. The number of rotatable bonds is 12. The first-order valence-electron chi connectivity index (χ1n) is 44.1. The minimum absolute atomic E-state index is 0.0769. The SMILES string of the molecule is COC(=O)c1ccc(Cn2c3ccc2C(=C2C=C(C(C)(C)C)C(=O)C(C(C)(C)C)=C2)c2ccc(n2Cc2ccc(C(=O)OC)cc2)C(=C2C=C(C(C)(C)C)C(=O)C(C(C)(C)C)=C2)c2ccc(n2Cc2ccc(C(=O)OC)cc2)C(=C2C=C(C(C)(C)C)C(=O)C(C(C)(C)C)=C2)c2ccc(n2Cc2ccc(C(=O)OC)cc2)C3=C2C=C(C(C)(C)C)C(=O)C(C(C)(C)C)=C2)cc1. The number of esters is 4. The molecule has 128 heavy (non-hydrogen) atoms. The van der Waals surface area contributed by atoms with E-state index >= 15 is 19.2 Å². The number of Topliss-reactive ketones (excluding diaryl/α,β-unsaturated/α-hetero) is 4. The molecule has 5 aliphatic rings. The largest absolute Gasteiger partial charge is 0.465 e. The number of fused-ring (bicyclic) bond motifs is 8. The van der Waals surface area contributed by atoms with Crippen molar-refractivity contribution in [1.29, 1.82) is 0 Å². The van der Waals surface area contributed by atoms with E-state index in [9.17, 15) is 19.2 Å². The van der Waals surface area contributed by atoms with Crippen LogP contribution in [-0.4, -0.2) is 93.7 Å². The van der Waals surface area contributed by atoms with Gasteiger partial charge in [-0.05, 0) is 234 Å². The second-order valence-electron chi connectivity index (χ2n) is 42.6. The summed E-state index contributed by atoms with van der Waals surface area (Å²) in [5.74, 6) is -2.33. The van der Waals surface area contributed by atoms with Gasteiger partial charge in [-0.1, -0.05) is 215 Å². The highest BCUT2D eigenvalue weighted by atomic mass is 16.5. The summed E-state index contributed by atoms with van der Waals surface area (Å²) in [5.41, 5.74) is 14.9. The fourth-order valence-corrected chi connectivity index (χ4v) is 17.7. The van der Waals surface area contributed by atoms with Crippen LogP contribution in [0.15, 0.2) is 261 Å². The van der Waals surface area contributed by atoms with E-state index in [0.29, 0.717) is 135 Å². The van der Waals surface area contributed by atoms with Crippen LogP contribution in [0, 0.1) is 43.3 Å². The van der Waals surface area contributed by atoms with Crippen molar-refractivity contribution in [2.75, 3.05) is 28.4 Å². The normalized spacial score (nSPS) is 15.9. The molecule has 0 atom stereocenters. The number of carbonyl (C=O) groups is 8. The number of nitrogens with zero attached hydrogens (tertiary/aromatic N) is 4. The summed E-state index contributed by atoms with van der Waals surface area (Å²) in [6, 6.07) is 47.1. The van der Waals surface area contributed by atoms with Gasteiger partial charge in [-0.3, -0.25) is 19.2 Å². The molecule has 1 aliphatic heterocycles. The number of allylic oxidation sites excluding steroid dienone is 20. The third kappa shape index (κ3) is 18.4. The van der Waals surface area contributed by atoms with Gasteiger partial charge in [-0.25, -0.2) is 19.2 Å². The average molecular weight is 1720 g/mol. The summed E-state index contributed by atoms with van der Waals surface area (Å²) in [7, 11) is 5.45. The van der Waals surface area contributed by atoms with Crippen LogP contribution in [0.2, 0.25) is 0 Å². The standard InChI is InChI=1S/C112H124N4O12/c1-105(2,3)77-53-73(54-78(97(77)117)106(4,5)6)93-85-45-47-87(113(85)61-65-29-37-69(38-30-65)101(121)125-25)94(74-55-79(107(7,8)9)98(118)80(56-74)108(10,11)12)89-49-51-91(115(89)63-67-33-41-71(42-34-67)103(123)127-27)96(76-59-83(111(19,20)21)100(120)84(60-76)112(22,23)24)92-52-50-90(116(92)64-68-35-43-72(44-36-68)104(124)128-28)95(75-57-81(109(13,14)15)99(119)82(58-75)110(16,17)18)88-48-46-86(93)114(88)62-66-31-39-70(40-32-66)102(122)126-26/h29-60H,61-64H2,1-28H3. The Hall–Kier alpha value is -12.6. The number of hydrogen-bond donors (Lipinski definition) is 0. The average Bonchev–Trinajstić information content (AvgIpc) is 1.55. The van der Waals surface area contributed by atoms with Crippen molar-refractivity contribution in [1.82, 2.24) is 18.3 Å². The minimum Gasteiger partial charge on any atom is -0.465 e. The lowest BCUT2D eigenvalue weighted by atomic mass is 9.71. The smallest absolute Gasteiger partial charge is 0.337 e. The predicted molar refractivity (Wildman–Crippen MR) is 510 cm³/mol. The maximum atomic E-state index is 15.9. The lowest BCUT2D eigenvalue weighted by molar-refractivity contribution is -0.114. The molecule has 0 fully saturated rings. The van der Waals surface area contributed by atoms with Gasteiger partial charge in [0.25, 0.3) is 0 Å². The molecule has 8 bridgehead atoms. The van der Waals surface area contributed by atoms with Gasteiger partial charge in [0.2, 0.25) is 0 Å². The fourth-order valence-electron chi connectivity index (χ4n) is 17.7. The fraction of sp³-hybridized carbons (Fsp3) is 0.357. The molecule has 4 aromatic heterocycles. The van der Waals surface area contributed by atoms with Crippen LogP contribution in [0.4, 0.5) is 0 Å². The third-order valence-corrected chi connectivity index (χ3v) is 24.8. The molecule has 664 valence electrons. The maximum absolute atomic E-state index is 15.9. The molecule has 0 saturated heterocycles. The summed E-state index contributed by atoms with van der Waals surface area (Å²) in [6.07, 6.45) is 16.6. The van der Waals surface area contributed by atoms with Crippen molar-refractivity contribution >= 4 is 69.3 Å². The van der Waals surface area contributed by atoms with Crippen LogP contribution in [0.1, 0.15) is 275 Å². The Morgan fingerprint density at radius 3 is 0.445 bits per heavy atom. The Morgan fingerprint density at radius 2 is 0.336 bits per heavy atom. The second kappa shape index (κ2) is 34.2. The Labute approximate surface area is 755 Å². The lowest BCUT2D eigenvalue weighted by Crippen LogP contribution is -2.28. The van der Waals surface area contributed by atoms with E-state index in [-0.39, 0.29) is 49.3 Å². The molecule has 16 nitrogen and oxygen atoms in total. The molecular formula is C112H124N4O12. The molecule has 5 heterocycles. The molecule has 0 unspecified atom stereocenters. The van der Waals surface area contributed by atoms with Crippen LogP contribution >= 0.6 is 0 Å². The zero-order valence-electron chi connectivity index (χ0n) is 80.0. The number of aromatic nitrogens is 4. The number of ether oxygens (including phenoxy) is 4. The molecule has 0 spiro atoms. The van der Waals surface area contributed by atoms with Crippen molar-refractivity contribution in [2.24, 2.45) is 43.3 Å². The van der Waals surface area contributed by atoms with E-state index < -0.39 is 67.2 Å². The van der Waals surface area contributed by atoms with Crippen molar-refractivity contribution < 1.29 is 57.3 Å². The van der Waals surface area contributed by atoms with Gasteiger partial charge in [-0.15, -0.1) is 0 Å². The number of methoxy groups -OCH3 is 4. The summed E-state index contributed by atoms with van der Waals surface area (Å²) >= 11 is 0. The summed E-state index contributed by atoms with van der Waals surface area (Å²) in [4.78, 5) is 118. The highest BCUT2D eigenvalue weighted by Crippen LogP contribution is 2.52. The highest BCUT2D eigenvalue weighted by Gasteiger charge is 2.43. The van der Waals surface area contributed by atoms with Crippen molar-refractivity contribution in [3.63, 3.8) is 0 Å². The van der Waals surface area contributed by atoms with Gasteiger partial charge < -0.3 is 37.2 Å². The van der Waals surface area contributed by atoms with E-state index in [2.05, 4.69) is 282 Å². The van der Waals surface area contributed by atoms with E-state index in [1.165, 1.54) is 28.4 Å². The van der Waals surface area contributed by atoms with Crippen LogP contribution < -0.4 is 0 Å². The van der Waals surface area contributed by atoms with Crippen molar-refractivity contribution in [2.45, 2.75) is 192 Å². The summed E-state index contributed by atoms with van der Waals surface area (Å²) in [5, 5.41) is 0. The van der Waals surface area contributed by atoms with Gasteiger partial charge in [-0.2, -0.15) is 0 Å². The highest BCUT2D eigenvalue weighted by molar-refractivity contribution is 6.16. The number of ketones is 4. The van der Waals surface area contributed by atoms with Crippen molar-refractivity contribution in [3.8, 4) is 0 Å². The van der Waals surface area contributed by atoms with Crippen molar-refractivity contribution in [3.05, 3.63) is 351 Å². The van der Waals surface area contributed by atoms with Gasteiger partial charge >= 0.3 is 23.9 Å². The molecule has 16 heteroatoms. The first-order valence-corrected chi connectivity index (χ1v) is 44.1. The predicted octanol–water partition coefficient (Wildman–Crippen LogP) is 23.9. The van der Waals surface area contributed by atoms with Gasteiger partial charge in [0.15, 0.2) is 23.1 Å². The molecule has 0 radical (unpaired) electrons. The quantitative estimate of drug-likeness (QED) is 0.0831. The minimum atomic E-state index is -0.718. The first kappa shape index (κ1) is 93.1. The topological polar surface area (TPSA) is 193 Å². The molecule has 8 aromatic rings. The number of benzene rings is 4. The number of carbonyl (C=O) groups excluding carboxylic acids is 8. The Morgan fingerprint density at radius 1 is 0.211 bits per heavy atom. The Kier molecular flexibility index (Phi) is 24.9. The summed E-state index contributed by atoms with van der Waals surface area (Å²) < 4.78 is 30.7. The summed E-state index contributed by atoms with van der Waals surface area (Å²) in [6.45, 7) is 50.3. The van der Waals surface area contributed by atoms with Gasteiger partial charge in [0, 0.05) is 93.1 Å². The van der Waals surface area contributed by atoms with Crippen LogP contribution in [-0.2, 0) is 64.3 Å². The molecular weight excluding hydrogens is 1590 g/mol. The van der Waals surface area contributed by atoms with Crippen LogP contribution in [0.25, 0.3) is 22.3 Å². The zero-order chi connectivity index (χ0) is 93.7. The molecule has 13 rings (SSSR count). The van der Waals surface area contributed by atoms with E-state index in [1.807, 2.05) is 48.5 Å². The third-order valence-electron chi connectivity index (χ3n) is 24.8. The van der Waals surface area contributed by atoms with Crippen LogP contribution in [0.5, 0.6) is 0 Å². The molecule has 0 N–H and O–H groups in total. The van der Waals surface area contributed by atoms with E-state index in [1.54, 1.807) is 48.5 Å². The van der Waals surface area contributed by atoms with E-state index in [4.69, 9.17) is 18.9 Å². The van der Waals surface area contributed by atoms with Gasteiger partial charge in [0.05, 0.1) is 96.2 Å². The second-order valence-corrected chi connectivity index (χ2v) is 42.6. The Bertz CT molecular complexity index is 5350. The Balaban J connectivity index is 1.40. The van der Waals surface area contributed by atoms with E-state index in [0.717, 1.165) is 44.5 Å². The molecule has 0 saturated carbocycles. The molecule has 4 aliphatic carbocycles. The molecule has 0 amide bonds. The monoisotopic (exact) mass is 1720 g/mol. The van der Waals surface area contributed by atoms with Gasteiger partial charge in [0.1, 0.15) is 0 Å². The first-order chi connectivity index (χ1) is 59.7. The zero-order valence-corrected chi connectivity index (χ0v) is 80.0. The number of hydrogen-bond acceptors (Lipinski definition) is 12.